The van der Waals surface area contributed by atoms with Crippen LogP contribution in [0.3, 0.4) is 0 Å². The SMILES string of the molecule is CCCN1CCCC(CCNCC(F)(F)F)C1. The highest BCUT2D eigenvalue weighted by molar-refractivity contribution is 4.73. The van der Waals surface area contributed by atoms with Crippen LogP contribution in [-0.4, -0.2) is 43.8 Å². The first-order valence-corrected chi connectivity index (χ1v) is 6.51. The van der Waals surface area contributed by atoms with E-state index in [1.807, 2.05) is 0 Å². The van der Waals surface area contributed by atoms with Crippen LogP contribution in [0.5, 0.6) is 0 Å². The molecule has 1 aliphatic heterocycles. The molecule has 0 spiro atoms. The molecule has 1 fully saturated rings. The van der Waals surface area contributed by atoms with Gasteiger partial charge in [0.15, 0.2) is 0 Å². The first kappa shape index (κ1) is 14.8. The van der Waals surface area contributed by atoms with E-state index in [0.29, 0.717) is 12.5 Å². The predicted molar refractivity (Wildman–Crippen MR) is 63.0 cm³/mol. The van der Waals surface area contributed by atoms with Gasteiger partial charge in [-0.05, 0) is 51.2 Å². The van der Waals surface area contributed by atoms with Gasteiger partial charge in [0.2, 0.25) is 0 Å². The lowest BCUT2D eigenvalue weighted by Crippen LogP contribution is -2.37. The number of likely N-dealkylation sites (tertiary alicyclic amines) is 1. The zero-order chi connectivity index (χ0) is 12.7. The summed E-state index contributed by atoms with van der Waals surface area (Å²) in [5, 5.41) is 2.48. The van der Waals surface area contributed by atoms with Crippen LogP contribution in [0, 0.1) is 5.92 Å². The number of hydrogen-bond acceptors (Lipinski definition) is 2. The molecule has 5 heteroatoms. The molecule has 2 nitrogen and oxygen atoms in total. The second-order valence-electron chi connectivity index (χ2n) is 4.89. The van der Waals surface area contributed by atoms with Crippen LogP contribution in [0.1, 0.15) is 32.6 Å². The van der Waals surface area contributed by atoms with Crippen molar-refractivity contribution in [3.8, 4) is 0 Å². The summed E-state index contributed by atoms with van der Waals surface area (Å²) in [5.74, 6) is 0.566. The Labute approximate surface area is 102 Å². The Morgan fingerprint density at radius 3 is 2.76 bits per heavy atom. The van der Waals surface area contributed by atoms with Crippen molar-refractivity contribution in [2.24, 2.45) is 5.92 Å². The minimum atomic E-state index is -4.08. The van der Waals surface area contributed by atoms with E-state index < -0.39 is 12.7 Å². The molecule has 1 heterocycles. The average molecular weight is 252 g/mol. The Morgan fingerprint density at radius 1 is 1.35 bits per heavy atom. The molecule has 0 saturated carbocycles. The number of nitrogens with zero attached hydrogens (tertiary/aromatic N) is 1. The van der Waals surface area contributed by atoms with Gasteiger partial charge in [0.05, 0.1) is 6.54 Å². The van der Waals surface area contributed by atoms with E-state index in [1.54, 1.807) is 0 Å². The molecule has 0 aromatic heterocycles. The first-order valence-electron chi connectivity index (χ1n) is 6.51. The molecule has 0 amide bonds. The zero-order valence-corrected chi connectivity index (χ0v) is 10.5. The van der Waals surface area contributed by atoms with E-state index in [0.717, 1.165) is 38.9 Å². The number of halogens is 3. The normalized spacial score (nSPS) is 22.9. The molecule has 1 N–H and O–H groups in total. The summed E-state index contributed by atoms with van der Waals surface area (Å²) in [7, 11) is 0. The van der Waals surface area contributed by atoms with Gasteiger partial charge in [-0.15, -0.1) is 0 Å². The second-order valence-corrected chi connectivity index (χ2v) is 4.89. The van der Waals surface area contributed by atoms with Crippen molar-refractivity contribution in [1.29, 1.82) is 0 Å². The lowest BCUT2D eigenvalue weighted by Gasteiger charge is -2.32. The molecule has 102 valence electrons. The maximum atomic E-state index is 11.9. The Balaban J connectivity index is 2.10. The number of rotatable bonds is 6. The first-order chi connectivity index (χ1) is 8.01. The van der Waals surface area contributed by atoms with Gasteiger partial charge in [0, 0.05) is 6.54 Å². The molecule has 1 unspecified atom stereocenters. The van der Waals surface area contributed by atoms with Crippen molar-refractivity contribution in [2.45, 2.75) is 38.8 Å². The van der Waals surface area contributed by atoms with Crippen LogP contribution in [0.2, 0.25) is 0 Å². The van der Waals surface area contributed by atoms with Crippen molar-refractivity contribution < 1.29 is 13.2 Å². The molecule has 0 radical (unpaired) electrons. The lowest BCUT2D eigenvalue weighted by atomic mass is 9.94. The van der Waals surface area contributed by atoms with Crippen LogP contribution in [-0.2, 0) is 0 Å². The average Bonchev–Trinajstić information content (AvgIpc) is 2.24. The Hall–Kier alpha value is -0.290. The minimum absolute atomic E-state index is 0.476. The van der Waals surface area contributed by atoms with Crippen molar-refractivity contribution in [1.82, 2.24) is 10.2 Å². The Bertz CT molecular complexity index is 204. The summed E-state index contributed by atoms with van der Waals surface area (Å²) in [6.45, 7) is 5.10. The highest BCUT2D eigenvalue weighted by atomic mass is 19.4. The molecule has 0 aliphatic carbocycles. The molecule has 1 atom stereocenters. The zero-order valence-electron chi connectivity index (χ0n) is 10.5. The molecule has 1 rings (SSSR count). The van der Waals surface area contributed by atoms with Gasteiger partial charge in [-0.25, -0.2) is 0 Å². The summed E-state index contributed by atoms with van der Waals surface area (Å²) in [6, 6.07) is 0. The Morgan fingerprint density at radius 2 is 2.12 bits per heavy atom. The van der Waals surface area contributed by atoms with Gasteiger partial charge in [0.1, 0.15) is 0 Å². The van der Waals surface area contributed by atoms with E-state index in [9.17, 15) is 13.2 Å². The third kappa shape index (κ3) is 6.88. The Kier molecular flexibility index (Phi) is 6.27. The van der Waals surface area contributed by atoms with Gasteiger partial charge in [-0.3, -0.25) is 0 Å². The number of piperidine rings is 1. The van der Waals surface area contributed by atoms with Crippen LogP contribution in [0.15, 0.2) is 0 Å². The summed E-state index contributed by atoms with van der Waals surface area (Å²) in [5.41, 5.74) is 0. The van der Waals surface area contributed by atoms with Crippen LogP contribution < -0.4 is 5.32 Å². The molecular weight excluding hydrogens is 229 g/mol. The predicted octanol–water partition coefficient (Wildman–Crippen LogP) is 2.65. The number of alkyl halides is 3. The quantitative estimate of drug-likeness (QED) is 0.731. The minimum Gasteiger partial charge on any atom is -0.309 e. The number of hydrogen-bond donors (Lipinski definition) is 1. The van der Waals surface area contributed by atoms with Crippen LogP contribution in [0.25, 0.3) is 0 Å². The molecule has 1 saturated heterocycles. The molecule has 17 heavy (non-hydrogen) atoms. The largest absolute Gasteiger partial charge is 0.401 e. The third-order valence-corrected chi connectivity index (χ3v) is 3.20. The van der Waals surface area contributed by atoms with Crippen molar-refractivity contribution in [3.63, 3.8) is 0 Å². The molecule has 0 aromatic carbocycles. The molecular formula is C12H23F3N2. The van der Waals surface area contributed by atoms with Gasteiger partial charge < -0.3 is 10.2 Å². The van der Waals surface area contributed by atoms with E-state index >= 15 is 0 Å². The fourth-order valence-corrected chi connectivity index (χ4v) is 2.44. The standard InChI is InChI=1S/C12H23F3N2/c1-2-7-17-8-3-4-11(9-17)5-6-16-10-12(13,14)15/h11,16H,2-10H2,1H3. The van der Waals surface area contributed by atoms with E-state index in [1.165, 1.54) is 6.42 Å². The fraction of sp³-hybridized carbons (Fsp3) is 1.00. The molecule has 0 aromatic rings. The summed E-state index contributed by atoms with van der Waals surface area (Å²) in [4.78, 5) is 2.43. The highest BCUT2D eigenvalue weighted by Crippen LogP contribution is 2.19. The van der Waals surface area contributed by atoms with Crippen molar-refractivity contribution >= 4 is 0 Å². The topological polar surface area (TPSA) is 15.3 Å². The van der Waals surface area contributed by atoms with Gasteiger partial charge in [-0.1, -0.05) is 6.92 Å². The van der Waals surface area contributed by atoms with E-state index in [-0.39, 0.29) is 0 Å². The third-order valence-electron chi connectivity index (χ3n) is 3.20. The molecule has 0 bridgehead atoms. The monoisotopic (exact) mass is 252 g/mol. The maximum Gasteiger partial charge on any atom is 0.401 e. The summed E-state index contributed by atoms with van der Waals surface area (Å²) < 4.78 is 35.7. The number of nitrogens with one attached hydrogen (secondary N) is 1. The smallest absolute Gasteiger partial charge is 0.309 e. The van der Waals surface area contributed by atoms with Gasteiger partial charge >= 0.3 is 6.18 Å². The van der Waals surface area contributed by atoms with E-state index in [2.05, 4.69) is 17.1 Å². The second kappa shape index (κ2) is 7.21. The summed E-state index contributed by atoms with van der Waals surface area (Å²) in [6.07, 6.45) is 0.272. The van der Waals surface area contributed by atoms with Gasteiger partial charge in [-0.2, -0.15) is 13.2 Å². The van der Waals surface area contributed by atoms with Crippen LogP contribution in [0.4, 0.5) is 13.2 Å². The maximum absolute atomic E-state index is 11.9. The van der Waals surface area contributed by atoms with Gasteiger partial charge in [0.25, 0.3) is 0 Å². The lowest BCUT2D eigenvalue weighted by molar-refractivity contribution is -0.124. The molecule has 1 aliphatic rings. The van der Waals surface area contributed by atoms with Crippen molar-refractivity contribution in [3.05, 3.63) is 0 Å². The van der Waals surface area contributed by atoms with Crippen molar-refractivity contribution in [2.75, 3.05) is 32.7 Å². The van der Waals surface area contributed by atoms with Crippen LogP contribution >= 0.6 is 0 Å². The highest BCUT2D eigenvalue weighted by Gasteiger charge is 2.26. The fourth-order valence-electron chi connectivity index (χ4n) is 2.44. The summed E-state index contributed by atoms with van der Waals surface area (Å²) >= 11 is 0. The van der Waals surface area contributed by atoms with E-state index in [4.69, 9.17) is 0 Å².